The fourth-order valence-corrected chi connectivity index (χ4v) is 4.37. The fourth-order valence-electron chi connectivity index (χ4n) is 4.37. The first kappa shape index (κ1) is 32.6. The molecule has 212 valence electrons. The lowest BCUT2D eigenvalue weighted by atomic mass is 10.0. The van der Waals surface area contributed by atoms with Crippen LogP contribution in [0.5, 0.6) is 0 Å². The van der Waals surface area contributed by atoms with Crippen molar-refractivity contribution in [2.45, 2.75) is 58.2 Å². The van der Waals surface area contributed by atoms with Crippen LogP contribution in [0, 0.1) is 23.4 Å². The van der Waals surface area contributed by atoms with Gasteiger partial charge in [0.15, 0.2) is 11.6 Å². The van der Waals surface area contributed by atoms with E-state index >= 15 is 0 Å². The number of nitrogens with two attached hydrogens (primary N) is 1. The van der Waals surface area contributed by atoms with Gasteiger partial charge in [-0.05, 0) is 38.3 Å². The highest BCUT2D eigenvalue weighted by molar-refractivity contribution is 5.85. The Morgan fingerprint density at radius 1 is 1.18 bits per heavy atom. The Morgan fingerprint density at radius 2 is 1.82 bits per heavy atom. The van der Waals surface area contributed by atoms with Gasteiger partial charge < -0.3 is 30.5 Å². The second kappa shape index (κ2) is 13.9. The number of aliphatic carboxylic acids is 1. The van der Waals surface area contributed by atoms with E-state index in [1.807, 2.05) is 0 Å². The number of hydrogen-bond donors (Lipinski definition) is 3. The van der Waals surface area contributed by atoms with Crippen molar-refractivity contribution in [2.75, 3.05) is 19.6 Å². The fraction of sp³-hybridized carbons (Fsp3) is 0.520. The molecule has 0 saturated carbocycles. The van der Waals surface area contributed by atoms with Crippen LogP contribution >= 0.6 is 0 Å². The normalized spacial score (nSPS) is 19.2. The van der Waals surface area contributed by atoms with Crippen molar-refractivity contribution >= 4 is 24.3 Å². The van der Waals surface area contributed by atoms with Gasteiger partial charge in [-0.1, -0.05) is 7.43 Å². The molecule has 1 aromatic rings. The van der Waals surface area contributed by atoms with E-state index in [1.54, 1.807) is 9.80 Å². The van der Waals surface area contributed by atoms with Crippen LogP contribution in [0.25, 0.3) is 0 Å². The molecule has 4 N–H and O–H groups in total. The predicted molar refractivity (Wildman–Crippen MR) is 130 cm³/mol. The van der Waals surface area contributed by atoms with Crippen LogP contribution < -0.4 is 5.73 Å². The number of carbonyl (C=O) groups excluding carboxylic acids is 3. The smallest absolute Gasteiger partial charge is 0.331 e. The third kappa shape index (κ3) is 8.84. The average Bonchev–Trinajstić information content (AvgIpc) is 3.37. The molecule has 13 heteroatoms. The minimum Gasteiger partial charge on any atom is -0.478 e. The van der Waals surface area contributed by atoms with Gasteiger partial charge in [0.2, 0.25) is 5.91 Å². The Bertz CT molecular complexity index is 1050. The SMILES string of the molecule is C.CC(C)(O)C(=O)N1C[C@@H]2CCN(C(=O)C[C@H](N)Cc3cc(F)c(F)cc3F)[C@@H]2C1.O=CO/C=C/C(=O)O. The van der Waals surface area contributed by atoms with Gasteiger partial charge in [0.1, 0.15) is 17.7 Å². The summed E-state index contributed by atoms with van der Waals surface area (Å²) in [5.41, 5.74) is 4.43. The van der Waals surface area contributed by atoms with Crippen molar-refractivity contribution in [2.24, 2.45) is 11.7 Å². The Kier molecular flexibility index (Phi) is 11.9. The summed E-state index contributed by atoms with van der Waals surface area (Å²) in [5.74, 6) is -4.92. The standard InChI is InChI=1S/C20H26F3N3O3.C4H4O4.CH4/c1-20(2,29)19(28)25-9-11-3-4-26(17(11)10-25)18(27)7-13(24)5-12-6-15(22)16(23)8-14(12)21;5-3-8-2-1-4(6)7;/h6,8,11,13,17,29H,3-5,7,9-10,24H2,1-2H3;1-3H,(H,6,7);1H4/b;2-1+;/t11-,13+,17+;;/m0../s1. The summed E-state index contributed by atoms with van der Waals surface area (Å²) < 4.78 is 44.1. The van der Waals surface area contributed by atoms with Gasteiger partial charge in [0, 0.05) is 44.1 Å². The highest BCUT2D eigenvalue weighted by Crippen LogP contribution is 2.33. The number of aliphatic hydroxyl groups is 1. The number of carbonyl (C=O) groups is 4. The zero-order valence-corrected chi connectivity index (χ0v) is 20.4. The molecule has 0 unspecified atom stereocenters. The predicted octanol–water partition coefficient (Wildman–Crippen LogP) is 1.59. The number of ether oxygens (including phenoxy) is 1. The summed E-state index contributed by atoms with van der Waals surface area (Å²) in [6.45, 7) is 4.39. The molecule has 2 amide bonds. The van der Waals surface area contributed by atoms with E-state index in [0.29, 0.717) is 31.8 Å². The van der Waals surface area contributed by atoms with Crippen LogP contribution in [0.2, 0.25) is 0 Å². The molecule has 1 aromatic carbocycles. The molecule has 2 aliphatic heterocycles. The van der Waals surface area contributed by atoms with Crippen molar-refractivity contribution in [3.05, 3.63) is 47.5 Å². The van der Waals surface area contributed by atoms with Crippen LogP contribution in [0.3, 0.4) is 0 Å². The van der Waals surface area contributed by atoms with Crippen LogP contribution in [-0.2, 0) is 30.3 Å². The number of benzene rings is 1. The maximum atomic E-state index is 13.8. The molecule has 2 aliphatic rings. The number of hydrogen-bond acceptors (Lipinski definition) is 7. The van der Waals surface area contributed by atoms with Gasteiger partial charge in [0.25, 0.3) is 12.4 Å². The van der Waals surface area contributed by atoms with Gasteiger partial charge in [-0.25, -0.2) is 18.0 Å². The number of rotatable bonds is 8. The number of carboxylic acids is 1. The topological polar surface area (TPSA) is 150 Å². The molecule has 3 rings (SSSR count). The van der Waals surface area contributed by atoms with Crippen LogP contribution in [-0.4, -0.2) is 81.6 Å². The van der Waals surface area contributed by atoms with E-state index < -0.39 is 35.1 Å². The van der Waals surface area contributed by atoms with Crippen molar-refractivity contribution in [1.82, 2.24) is 9.80 Å². The Labute approximate surface area is 218 Å². The minimum atomic E-state index is -1.47. The van der Waals surface area contributed by atoms with Gasteiger partial charge in [-0.3, -0.25) is 14.4 Å². The van der Waals surface area contributed by atoms with E-state index in [1.165, 1.54) is 13.8 Å². The zero-order valence-electron chi connectivity index (χ0n) is 20.4. The number of amides is 2. The summed E-state index contributed by atoms with van der Waals surface area (Å²) in [7, 11) is 0. The molecule has 0 radical (unpaired) electrons. The van der Waals surface area contributed by atoms with Crippen molar-refractivity contribution < 1.29 is 47.3 Å². The van der Waals surface area contributed by atoms with E-state index in [-0.39, 0.29) is 56.1 Å². The largest absolute Gasteiger partial charge is 0.478 e. The molecule has 0 aromatic heterocycles. The molecule has 0 aliphatic carbocycles. The van der Waals surface area contributed by atoms with Crippen molar-refractivity contribution in [1.29, 1.82) is 0 Å². The summed E-state index contributed by atoms with van der Waals surface area (Å²) in [5, 5.41) is 17.8. The van der Waals surface area contributed by atoms with E-state index in [9.17, 15) is 37.5 Å². The Morgan fingerprint density at radius 3 is 2.39 bits per heavy atom. The Hall–Kier alpha value is -3.45. The number of nitrogens with zero attached hydrogens (tertiary/aromatic N) is 2. The second-order valence-corrected chi connectivity index (χ2v) is 9.37. The van der Waals surface area contributed by atoms with Crippen LogP contribution in [0.15, 0.2) is 24.5 Å². The quantitative estimate of drug-likeness (QED) is 0.193. The lowest BCUT2D eigenvalue weighted by molar-refractivity contribution is -0.147. The average molecular weight is 546 g/mol. The van der Waals surface area contributed by atoms with Gasteiger partial charge in [-0.2, -0.15) is 0 Å². The highest BCUT2D eigenvalue weighted by atomic mass is 19.2. The minimum absolute atomic E-state index is 0. The highest BCUT2D eigenvalue weighted by Gasteiger charge is 2.46. The maximum absolute atomic E-state index is 13.8. The lowest BCUT2D eigenvalue weighted by Gasteiger charge is -2.28. The zero-order chi connectivity index (χ0) is 27.9. The monoisotopic (exact) mass is 545 g/mol. The third-order valence-corrected chi connectivity index (χ3v) is 6.03. The van der Waals surface area contributed by atoms with Crippen LogP contribution in [0.1, 0.15) is 39.7 Å². The molecule has 10 nitrogen and oxygen atoms in total. The number of likely N-dealkylation sites (tertiary alicyclic amines) is 2. The molecule has 2 fully saturated rings. The van der Waals surface area contributed by atoms with Crippen molar-refractivity contribution in [3.63, 3.8) is 0 Å². The van der Waals surface area contributed by atoms with Crippen molar-refractivity contribution in [3.8, 4) is 0 Å². The number of carboxylic acid groups (broad SMARTS) is 1. The first-order valence-electron chi connectivity index (χ1n) is 11.4. The molecule has 0 bridgehead atoms. The van der Waals surface area contributed by atoms with E-state index in [2.05, 4.69) is 4.74 Å². The molecular formula is C25H34F3N3O7. The first-order chi connectivity index (χ1) is 17.2. The van der Waals surface area contributed by atoms with Crippen LogP contribution in [0.4, 0.5) is 13.2 Å². The third-order valence-electron chi connectivity index (χ3n) is 6.03. The maximum Gasteiger partial charge on any atom is 0.331 e. The summed E-state index contributed by atoms with van der Waals surface area (Å²) in [4.78, 5) is 47.2. The molecule has 3 atom stereocenters. The van der Waals surface area contributed by atoms with Gasteiger partial charge in [0.05, 0.1) is 12.1 Å². The molecular weight excluding hydrogens is 511 g/mol. The summed E-state index contributed by atoms with van der Waals surface area (Å²) in [6, 6.07) is 0.340. The first-order valence-corrected chi connectivity index (χ1v) is 11.4. The van der Waals surface area contributed by atoms with E-state index in [0.717, 1.165) is 18.7 Å². The number of halogens is 3. The molecule has 0 spiro atoms. The summed E-state index contributed by atoms with van der Waals surface area (Å²) >= 11 is 0. The lowest BCUT2D eigenvalue weighted by Crippen LogP contribution is -2.47. The number of fused-ring (bicyclic) bond motifs is 1. The summed E-state index contributed by atoms with van der Waals surface area (Å²) in [6.07, 6.45) is 2.09. The molecule has 2 saturated heterocycles. The second-order valence-electron chi connectivity index (χ2n) is 9.37. The van der Waals surface area contributed by atoms with E-state index in [4.69, 9.17) is 10.8 Å². The molecule has 2 heterocycles. The molecule has 38 heavy (non-hydrogen) atoms. The Balaban J connectivity index is 0.000000699. The van der Waals surface area contributed by atoms with Gasteiger partial charge >= 0.3 is 5.97 Å². The van der Waals surface area contributed by atoms with Gasteiger partial charge in [-0.15, -0.1) is 0 Å².